The van der Waals surface area contributed by atoms with Gasteiger partial charge >= 0.3 is 5.97 Å². The zero-order chi connectivity index (χ0) is 22.3. The number of ether oxygens (including phenoxy) is 1. The number of allylic oxidation sites excluding steroid dienone is 1. The highest BCUT2D eigenvalue weighted by molar-refractivity contribution is 6.01. The first-order valence-electron chi connectivity index (χ1n) is 10.0. The molecule has 31 heavy (non-hydrogen) atoms. The standard InChI is InChI=1S/C24H23FN2O4/c1-24(2)18-6-4-5-7-20(18)27(3)21(24)11-15(28)13-31-23(30)17-12-22(29)26-19-10-14(25)8-9-16(17)19/h4-11,17H,12-13H2,1-3H3,(H,26,29)/b21-11-. The summed E-state index contributed by atoms with van der Waals surface area (Å²) >= 11 is 0. The van der Waals surface area contributed by atoms with Gasteiger partial charge in [0.15, 0.2) is 12.4 Å². The highest BCUT2D eigenvalue weighted by Gasteiger charge is 2.38. The van der Waals surface area contributed by atoms with E-state index in [1.807, 2.05) is 50.1 Å². The van der Waals surface area contributed by atoms with Crippen molar-refractivity contribution in [3.63, 3.8) is 0 Å². The van der Waals surface area contributed by atoms with Gasteiger partial charge in [-0.3, -0.25) is 14.4 Å². The van der Waals surface area contributed by atoms with Crippen molar-refractivity contribution >= 4 is 29.0 Å². The number of carbonyl (C=O) groups is 3. The molecule has 0 spiro atoms. The normalized spacial score (nSPS) is 20.1. The van der Waals surface area contributed by atoms with E-state index in [0.717, 1.165) is 23.0 Å². The van der Waals surface area contributed by atoms with Crippen LogP contribution in [0.15, 0.2) is 54.2 Å². The second-order valence-electron chi connectivity index (χ2n) is 8.34. The molecule has 0 bridgehead atoms. The van der Waals surface area contributed by atoms with E-state index >= 15 is 0 Å². The second-order valence-corrected chi connectivity index (χ2v) is 8.34. The molecule has 1 N–H and O–H groups in total. The van der Waals surface area contributed by atoms with Crippen molar-refractivity contribution in [3.8, 4) is 0 Å². The van der Waals surface area contributed by atoms with Gasteiger partial charge in [0.2, 0.25) is 5.91 Å². The van der Waals surface area contributed by atoms with E-state index < -0.39 is 30.2 Å². The Morgan fingerprint density at radius 3 is 2.74 bits per heavy atom. The Balaban J connectivity index is 1.48. The second kappa shape index (κ2) is 7.65. The largest absolute Gasteiger partial charge is 0.457 e. The lowest BCUT2D eigenvalue weighted by molar-refractivity contribution is -0.149. The van der Waals surface area contributed by atoms with Gasteiger partial charge < -0.3 is 15.0 Å². The van der Waals surface area contributed by atoms with Crippen LogP contribution in [-0.2, 0) is 24.5 Å². The van der Waals surface area contributed by atoms with Crippen LogP contribution in [0.25, 0.3) is 0 Å². The lowest BCUT2D eigenvalue weighted by Crippen LogP contribution is -2.30. The van der Waals surface area contributed by atoms with Gasteiger partial charge in [-0.25, -0.2) is 4.39 Å². The molecule has 0 aromatic heterocycles. The first kappa shape index (κ1) is 20.8. The van der Waals surface area contributed by atoms with Gasteiger partial charge in [0.1, 0.15) is 5.82 Å². The highest BCUT2D eigenvalue weighted by Crippen LogP contribution is 2.46. The van der Waals surface area contributed by atoms with Gasteiger partial charge in [-0.05, 0) is 29.3 Å². The smallest absolute Gasteiger partial charge is 0.314 e. The molecular weight excluding hydrogens is 399 g/mol. The van der Waals surface area contributed by atoms with Gasteiger partial charge in [-0.15, -0.1) is 0 Å². The summed E-state index contributed by atoms with van der Waals surface area (Å²) in [6, 6.07) is 11.8. The van der Waals surface area contributed by atoms with Crippen LogP contribution in [0.3, 0.4) is 0 Å². The number of carbonyl (C=O) groups excluding carboxylic acids is 3. The summed E-state index contributed by atoms with van der Waals surface area (Å²) in [5.74, 6) is -2.83. The van der Waals surface area contributed by atoms with Crippen LogP contribution >= 0.6 is 0 Å². The number of ketones is 1. The first-order chi connectivity index (χ1) is 14.7. The number of halogens is 1. The minimum Gasteiger partial charge on any atom is -0.457 e. The summed E-state index contributed by atoms with van der Waals surface area (Å²) in [7, 11) is 1.90. The Morgan fingerprint density at radius 2 is 2.00 bits per heavy atom. The van der Waals surface area contributed by atoms with Crippen LogP contribution in [0.4, 0.5) is 15.8 Å². The van der Waals surface area contributed by atoms with Gasteiger partial charge in [0.05, 0.1) is 5.92 Å². The number of rotatable bonds is 4. The maximum Gasteiger partial charge on any atom is 0.314 e. The summed E-state index contributed by atoms with van der Waals surface area (Å²) in [4.78, 5) is 39.1. The van der Waals surface area contributed by atoms with Gasteiger partial charge in [0.25, 0.3) is 0 Å². The molecule has 0 saturated heterocycles. The molecule has 0 saturated carbocycles. The van der Waals surface area contributed by atoms with Crippen molar-refractivity contribution in [3.05, 3.63) is 71.2 Å². The summed E-state index contributed by atoms with van der Waals surface area (Å²) in [6.07, 6.45) is 1.39. The predicted octanol–water partition coefficient (Wildman–Crippen LogP) is 3.68. The molecule has 2 aliphatic heterocycles. The Bertz CT molecular complexity index is 1120. The van der Waals surface area contributed by atoms with E-state index in [9.17, 15) is 18.8 Å². The summed E-state index contributed by atoms with van der Waals surface area (Å²) in [6.45, 7) is 3.64. The summed E-state index contributed by atoms with van der Waals surface area (Å²) in [5, 5.41) is 2.55. The maximum atomic E-state index is 13.5. The molecule has 6 nitrogen and oxygen atoms in total. The highest BCUT2D eigenvalue weighted by atomic mass is 19.1. The molecule has 0 radical (unpaired) electrons. The molecule has 2 aromatic rings. The van der Waals surface area contributed by atoms with Crippen molar-refractivity contribution in [1.82, 2.24) is 0 Å². The lowest BCUT2D eigenvalue weighted by atomic mass is 9.83. The number of hydrogen-bond donors (Lipinski definition) is 1. The number of amides is 1. The fourth-order valence-corrected chi connectivity index (χ4v) is 4.34. The molecule has 1 atom stereocenters. The topological polar surface area (TPSA) is 75.7 Å². The monoisotopic (exact) mass is 422 g/mol. The molecular formula is C24H23FN2O4. The van der Waals surface area contributed by atoms with E-state index in [0.29, 0.717) is 5.56 Å². The number of hydrogen-bond acceptors (Lipinski definition) is 5. The number of esters is 1. The molecule has 4 rings (SSSR count). The number of benzene rings is 2. The Hall–Kier alpha value is -3.48. The van der Waals surface area contributed by atoms with Crippen LogP contribution in [0, 0.1) is 5.82 Å². The third-order valence-corrected chi connectivity index (χ3v) is 5.93. The van der Waals surface area contributed by atoms with E-state index in [4.69, 9.17) is 4.74 Å². The molecule has 1 unspecified atom stereocenters. The summed E-state index contributed by atoms with van der Waals surface area (Å²) in [5.41, 5.74) is 3.32. The van der Waals surface area contributed by atoms with E-state index in [1.165, 1.54) is 18.2 Å². The molecule has 2 heterocycles. The van der Waals surface area contributed by atoms with Crippen LogP contribution < -0.4 is 10.2 Å². The van der Waals surface area contributed by atoms with E-state index in [2.05, 4.69) is 5.32 Å². The fourth-order valence-electron chi connectivity index (χ4n) is 4.34. The van der Waals surface area contributed by atoms with E-state index in [-0.39, 0.29) is 23.3 Å². The predicted molar refractivity (Wildman–Crippen MR) is 114 cm³/mol. The number of nitrogens with one attached hydrogen (secondary N) is 1. The number of fused-ring (bicyclic) bond motifs is 2. The fraction of sp³-hybridized carbons (Fsp3) is 0.292. The maximum absolute atomic E-state index is 13.5. The number of nitrogens with zero attached hydrogens (tertiary/aromatic N) is 1. The molecule has 1 amide bonds. The van der Waals surface area contributed by atoms with Gasteiger partial charge in [-0.1, -0.05) is 38.1 Å². The zero-order valence-electron chi connectivity index (χ0n) is 17.6. The van der Waals surface area contributed by atoms with Gasteiger partial charge in [-0.2, -0.15) is 0 Å². The first-order valence-corrected chi connectivity index (χ1v) is 10.0. The van der Waals surface area contributed by atoms with Crippen LogP contribution in [0.5, 0.6) is 0 Å². The van der Waals surface area contributed by atoms with Crippen molar-refractivity contribution in [2.75, 3.05) is 23.9 Å². The number of para-hydroxylation sites is 1. The third kappa shape index (κ3) is 3.71. The Morgan fingerprint density at radius 1 is 1.26 bits per heavy atom. The molecule has 2 aliphatic rings. The van der Waals surface area contributed by atoms with Crippen molar-refractivity contribution in [1.29, 1.82) is 0 Å². The molecule has 160 valence electrons. The molecule has 2 aromatic carbocycles. The van der Waals surface area contributed by atoms with Crippen molar-refractivity contribution in [2.24, 2.45) is 0 Å². The number of likely N-dealkylation sites (N-methyl/N-ethyl adjacent to an activating group) is 1. The lowest BCUT2D eigenvalue weighted by Gasteiger charge is -2.25. The number of anilines is 2. The average Bonchev–Trinajstić information content (AvgIpc) is 2.92. The minimum atomic E-state index is -0.875. The van der Waals surface area contributed by atoms with Gasteiger partial charge in [0, 0.05) is 42.0 Å². The molecule has 7 heteroatoms. The van der Waals surface area contributed by atoms with Crippen molar-refractivity contribution < 1.29 is 23.5 Å². The Kier molecular flexibility index (Phi) is 5.13. The SMILES string of the molecule is CN1/C(=C\C(=O)COC(=O)C2CC(=O)Nc3cc(F)ccc32)C(C)(C)c2ccccc21. The van der Waals surface area contributed by atoms with Crippen LogP contribution in [0.1, 0.15) is 37.3 Å². The molecule has 0 aliphatic carbocycles. The van der Waals surface area contributed by atoms with Crippen LogP contribution in [-0.4, -0.2) is 31.3 Å². The third-order valence-electron chi connectivity index (χ3n) is 5.93. The van der Waals surface area contributed by atoms with Crippen molar-refractivity contribution in [2.45, 2.75) is 31.6 Å². The molecule has 0 fully saturated rings. The van der Waals surface area contributed by atoms with Crippen LogP contribution in [0.2, 0.25) is 0 Å². The Labute approximate surface area is 179 Å². The summed E-state index contributed by atoms with van der Waals surface area (Å²) < 4.78 is 18.7. The zero-order valence-corrected chi connectivity index (χ0v) is 17.6. The quantitative estimate of drug-likeness (QED) is 0.601. The van der Waals surface area contributed by atoms with E-state index in [1.54, 1.807) is 0 Å². The minimum absolute atomic E-state index is 0.113. The average molecular weight is 422 g/mol.